The fourth-order valence-corrected chi connectivity index (χ4v) is 2.45. The van der Waals surface area contributed by atoms with Gasteiger partial charge in [0.25, 0.3) is 0 Å². The topological polar surface area (TPSA) is 44.8 Å². The normalized spacial score (nSPS) is 31.9. The minimum absolute atomic E-state index is 0.0781. The summed E-state index contributed by atoms with van der Waals surface area (Å²) in [5.41, 5.74) is 0. The fraction of sp³-hybridized carbons (Fsp3) is 0.909. The van der Waals surface area contributed by atoms with Crippen molar-refractivity contribution in [3.63, 3.8) is 0 Å². The molecule has 92 valence electrons. The van der Waals surface area contributed by atoms with E-state index >= 15 is 0 Å². The monoisotopic (exact) mass is 227 g/mol. The first-order valence-corrected chi connectivity index (χ1v) is 6.06. The van der Waals surface area contributed by atoms with Crippen LogP contribution in [-0.4, -0.2) is 67.3 Å². The summed E-state index contributed by atoms with van der Waals surface area (Å²) in [6.45, 7) is 9.55. The molecule has 2 amide bonds. The number of hydrogen-bond donors (Lipinski definition) is 1. The molecule has 5 nitrogen and oxygen atoms in total. The molecule has 0 spiro atoms. The average molecular weight is 227 g/mol. The van der Waals surface area contributed by atoms with Crippen LogP contribution in [0.2, 0.25) is 0 Å². The van der Waals surface area contributed by atoms with Crippen molar-refractivity contribution in [2.24, 2.45) is 0 Å². The molecular formula is C11H21N3O2. The lowest BCUT2D eigenvalue weighted by molar-refractivity contribution is -0.0685. The fourth-order valence-electron chi connectivity index (χ4n) is 2.45. The summed E-state index contributed by atoms with van der Waals surface area (Å²) in [5.74, 6) is 0. The van der Waals surface area contributed by atoms with Gasteiger partial charge in [0.15, 0.2) is 0 Å². The molecule has 2 rings (SSSR count). The van der Waals surface area contributed by atoms with Crippen molar-refractivity contribution in [1.29, 1.82) is 0 Å². The first-order chi connectivity index (χ1) is 7.65. The number of carbonyl (C=O) groups is 1. The van der Waals surface area contributed by atoms with E-state index in [1.54, 1.807) is 0 Å². The number of nitrogens with zero attached hydrogens (tertiary/aromatic N) is 2. The Morgan fingerprint density at radius 2 is 2.00 bits per heavy atom. The maximum absolute atomic E-state index is 11.3. The highest BCUT2D eigenvalue weighted by atomic mass is 16.5. The van der Waals surface area contributed by atoms with Crippen molar-refractivity contribution >= 4 is 6.03 Å². The van der Waals surface area contributed by atoms with Crippen LogP contribution >= 0.6 is 0 Å². The standard InChI is InChI=1S/C11H21N3O2/c1-9-7-13(8-10(2)16-9)5-6-14-4-3-12-11(14)15/h9-10H,3-8H2,1-2H3,(H,12,15). The number of urea groups is 1. The van der Waals surface area contributed by atoms with Crippen LogP contribution in [-0.2, 0) is 4.74 Å². The Hall–Kier alpha value is -0.810. The van der Waals surface area contributed by atoms with Crippen molar-refractivity contribution in [3.05, 3.63) is 0 Å². The molecule has 2 heterocycles. The zero-order valence-electron chi connectivity index (χ0n) is 10.1. The Balaban J connectivity index is 1.74. The number of amides is 2. The van der Waals surface area contributed by atoms with Gasteiger partial charge in [-0.3, -0.25) is 4.90 Å². The molecule has 5 heteroatoms. The third kappa shape index (κ3) is 2.86. The van der Waals surface area contributed by atoms with Crippen LogP contribution < -0.4 is 5.32 Å². The Bertz CT molecular complexity index is 250. The molecule has 1 N–H and O–H groups in total. The first kappa shape index (κ1) is 11.7. The predicted octanol–water partition coefficient (Wildman–Crippen LogP) is 0.121. The maximum atomic E-state index is 11.3. The van der Waals surface area contributed by atoms with Crippen LogP contribution in [0.4, 0.5) is 4.79 Å². The molecule has 2 aliphatic heterocycles. The first-order valence-electron chi connectivity index (χ1n) is 6.06. The van der Waals surface area contributed by atoms with Gasteiger partial charge in [0, 0.05) is 39.3 Å². The highest BCUT2D eigenvalue weighted by Crippen LogP contribution is 2.10. The molecule has 0 aromatic heterocycles. The minimum Gasteiger partial charge on any atom is -0.373 e. The summed E-state index contributed by atoms with van der Waals surface area (Å²) in [4.78, 5) is 15.6. The third-order valence-electron chi connectivity index (χ3n) is 3.13. The number of carbonyl (C=O) groups excluding carboxylic acids is 1. The van der Waals surface area contributed by atoms with Crippen LogP contribution in [0.1, 0.15) is 13.8 Å². The molecule has 0 saturated carbocycles. The van der Waals surface area contributed by atoms with E-state index in [2.05, 4.69) is 24.1 Å². The van der Waals surface area contributed by atoms with Gasteiger partial charge >= 0.3 is 6.03 Å². The lowest BCUT2D eigenvalue weighted by Crippen LogP contribution is -2.48. The third-order valence-corrected chi connectivity index (χ3v) is 3.13. The number of morpholine rings is 1. The molecule has 0 aromatic carbocycles. The molecule has 2 aliphatic rings. The number of ether oxygens (including phenoxy) is 1. The SMILES string of the molecule is CC1CN(CCN2CCNC2=O)CC(C)O1. The predicted molar refractivity (Wildman–Crippen MR) is 61.4 cm³/mol. The van der Waals surface area contributed by atoms with E-state index in [-0.39, 0.29) is 6.03 Å². The van der Waals surface area contributed by atoms with E-state index < -0.39 is 0 Å². The van der Waals surface area contributed by atoms with Crippen LogP contribution in [0.5, 0.6) is 0 Å². The van der Waals surface area contributed by atoms with Crippen molar-refractivity contribution in [2.75, 3.05) is 39.3 Å². The highest BCUT2D eigenvalue weighted by molar-refractivity contribution is 5.76. The van der Waals surface area contributed by atoms with Crippen molar-refractivity contribution in [3.8, 4) is 0 Å². The van der Waals surface area contributed by atoms with Crippen molar-refractivity contribution < 1.29 is 9.53 Å². The second-order valence-electron chi connectivity index (χ2n) is 4.74. The number of nitrogens with one attached hydrogen (secondary N) is 1. The van der Waals surface area contributed by atoms with Crippen LogP contribution in [0.15, 0.2) is 0 Å². The Labute approximate surface area is 96.7 Å². The van der Waals surface area contributed by atoms with Crippen LogP contribution in [0.25, 0.3) is 0 Å². The van der Waals surface area contributed by atoms with E-state index in [9.17, 15) is 4.79 Å². The van der Waals surface area contributed by atoms with Gasteiger partial charge in [-0.15, -0.1) is 0 Å². The highest BCUT2D eigenvalue weighted by Gasteiger charge is 2.24. The number of hydrogen-bond acceptors (Lipinski definition) is 3. The number of rotatable bonds is 3. The molecule has 0 radical (unpaired) electrons. The largest absolute Gasteiger partial charge is 0.373 e. The van der Waals surface area contributed by atoms with Gasteiger partial charge in [-0.1, -0.05) is 0 Å². The molecule has 0 bridgehead atoms. The van der Waals surface area contributed by atoms with Crippen molar-refractivity contribution in [1.82, 2.24) is 15.1 Å². The van der Waals surface area contributed by atoms with E-state index in [0.29, 0.717) is 12.2 Å². The summed E-state index contributed by atoms with van der Waals surface area (Å²) < 4.78 is 5.67. The summed E-state index contributed by atoms with van der Waals surface area (Å²) in [5, 5.41) is 2.82. The average Bonchev–Trinajstić information content (AvgIpc) is 2.59. The van der Waals surface area contributed by atoms with E-state index in [1.807, 2.05) is 4.90 Å². The quantitative estimate of drug-likeness (QED) is 0.745. The van der Waals surface area contributed by atoms with Gasteiger partial charge in [0.2, 0.25) is 0 Å². The molecule has 16 heavy (non-hydrogen) atoms. The minimum atomic E-state index is 0.0781. The van der Waals surface area contributed by atoms with Gasteiger partial charge in [0.1, 0.15) is 0 Å². The van der Waals surface area contributed by atoms with E-state index in [0.717, 1.165) is 39.3 Å². The second kappa shape index (κ2) is 5.01. The van der Waals surface area contributed by atoms with Gasteiger partial charge in [-0.2, -0.15) is 0 Å². The van der Waals surface area contributed by atoms with Crippen LogP contribution in [0.3, 0.4) is 0 Å². The molecule has 2 atom stereocenters. The summed E-state index contributed by atoms with van der Waals surface area (Å²) >= 11 is 0. The Morgan fingerprint density at radius 3 is 2.56 bits per heavy atom. The van der Waals surface area contributed by atoms with Gasteiger partial charge in [-0.25, -0.2) is 4.79 Å². The Kier molecular flexibility index (Phi) is 3.66. The zero-order valence-corrected chi connectivity index (χ0v) is 10.1. The van der Waals surface area contributed by atoms with Gasteiger partial charge in [0.05, 0.1) is 12.2 Å². The lowest BCUT2D eigenvalue weighted by Gasteiger charge is -2.35. The molecule has 0 aromatic rings. The summed E-state index contributed by atoms with van der Waals surface area (Å²) in [7, 11) is 0. The maximum Gasteiger partial charge on any atom is 0.317 e. The molecule has 2 unspecified atom stereocenters. The molecule has 2 fully saturated rings. The van der Waals surface area contributed by atoms with E-state index in [1.165, 1.54) is 0 Å². The van der Waals surface area contributed by atoms with E-state index in [4.69, 9.17) is 4.74 Å². The Morgan fingerprint density at radius 1 is 1.31 bits per heavy atom. The molecule has 2 saturated heterocycles. The molecule has 0 aliphatic carbocycles. The summed E-state index contributed by atoms with van der Waals surface area (Å²) in [6.07, 6.45) is 0.604. The van der Waals surface area contributed by atoms with Gasteiger partial charge in [-0.05, 0) is 13.8 Å². The van der Waals surface area contributed by atoms with Crippen LogP contribution in [0, 0.1) is 0 Å². The zero-order chi connectivity index (χ0) is 11.5. The van der Waals surface area contributed by atoms with Crippen molar-refractivity contribution in [2.45, 2.75) is 26.1 Å². The summed E-state index contributed by atoms with van der Waals surface area (Å²) in [6, 6.07) is 0.0781. The second-order valence-corrected chi connectivity index (χ2v) is 4.74. The lowest BCUT2D eigenvalue weighted by atomic mass is 10.2. The molecular weight excluding hydrogens is 206 g/mol. The van der Waals surface area contributed by atoms with Gasteiger partial charge < -0.3 is 15.0 Å². The smallest absolute Gasteiger partial charge is 0.317 e.